The molecule has 1 aliphatic carbocycles. The number of nitrogens with zero attached hydrogens (tertiary/aromatic N) is 1. The highest BCUT2D eigenvalue weighted by molar-refractivity contribution is 5.86. The summed E-state index contributed by atoms with van der Waals surface area (Å²) in [5, 5.41) is 10.7. The van der Waals surface area contributed by atoms with Crippen LogP contribution in [0.3, 0.4) is 0 Å². The lowest BCUT2D eigenvalue weighted by Crippen LogP contribution is -2.11. The first-order chi connectivity index (χ1) is 12.3. The first kappa shape index (κ1) is 18.7. The molecular formula is C24H31NO. The molecule has 0 unspecified atom stereocenters. The molecule has 3 rings (SSSR count). The smallest absolute Gasteiger partial charge is 0.127 e. The van der Waals surface area contributed by atoms with E-state index in [4.69, 9.17) is 0 Å². The summed E-state index contributed by atoms with van der Waals surface area (Å²) >= 11 is 0. The minimum atomic E-state index is 0.145. The van der Waals surface area contributed by atoms with Crippen LogP contribution in [0.15, 0.2) is 47.5 Å². The third kappa shape index (κ3) is 4.35. The molecule has 2 nitrogen and oxygen atoms in total. The van der Waals surface area contributed by atoms with Gasteiger partial charge in [-0.15, -0.1) is 0 Å². The van der Waals surface area contributed by atoms with E-state index < -0.39 is 0 Å². The minimum Gasteiger partial charge on any atom is -0.507 e. The molecule has 0 aromatic heterocycles. The third-order valence-electron chi connectivity index (χ3n) is 5.64. The molecule has 2 aromatic rings. The van der Waals surface area contributed by atoms with Crippen LogP contribution in [0.5, 0.6) is 5.75 Å². The molecule has 26 heavy (non-hydrogen) atoms. The molecule has 0 spiro atoms. The zero-order valence-electron chi connectivity index (χ0n) is 16.5. The average Bonchev–Trinajstić information content (AvgIpc) is 2.61. The van der Waals surface area contributed by atoms with E-state index in [1.807, 2.05) is 24.3 Å². The van der Waals surface area contributed by atoms with Crippen LogP contribution >= 0.6 is 0 Å². The van der Waals surface area contributed by atoms with Gasteiger partial charge < -0.3 is 5.11 Å². The predicted octanol–water partition coefficient (Wildman–Crippen LogP) is 6.73. The summed E-state index contributed by atoms with van der Waals surface area (Å²) in [6, 6.07) is 14.4. The Kier molecular flexibility index (Phi) is 5.50. The van der Waals surface area contributed by atoms with Crippen LogP contribution in [0.25, 0.3) is 0 Å². The number of benzene rings is 2. The Labute approximate surface area is 158 Å². The Bertz CT molecular complexity index is 760. The normalized spacial score (nSPS) is 21.2. The molecule has 0 atom stereocenters. The summed E-state index contributed by atoms with van der Waals surface area (Å²) in [6.45, 7) is 8.95. The number of para-hydroxylation sites is 1. The first-order valence-electron chi connectivity index (χ1n) is 9.81. The fourth-order valence-corrected chi connectivity index (χ4v) is 3.78. The van der Waals surface area contributed by atoms with Gasteiger partial charge in [0.1, 0.15) is 5.75 Å². The van der Waals surface area contributed by atoms with E-state index in [1.54, 1.807) is 6.21 Å². The molecule has 138 valence electrons. The van der Waals surface area contributed by atoms with Gasteiger partial charge in [-0.25, -0.2) is 0 Å². The van der Waals surface area contributed by atoms with E-state index in [1.165, 1.54) is 31.2 Å². The molecule has 2 aromatic carbocycles. The zero-order chi connectivity index (χ0) is 18.7. The lowest BCUT2D eigenvalue weighted by atomic mass is 9.79. The Balaban J connectivity index is 1.77. The van der Waals surface area contributed by atoms with Crippen LogP contribution in [0, 0.1) is 5.92 Å². The van der Waals surface area contributed by atoms with Gasteiger partial charge in [0, 0.05) is 11.8 Å². The van der Waals surface area contributed by atoms with Crippen molar-refractivity contribution in [2.45, 2.75) is 64.7 Å². The molecule has 1 aliphatic rings. The quantitative estimate of drug-likeness (QED) is 0.612. The summed E-state index contributed by atoms with van der Waals surface area (Å²) in [6.07, 6.45) is 6.63. The van der Waals surface area contributed by atoms with Crippen LogP contribution in [-0.2, 0) is 5.41 Å². The Hall–Kier alpha value is -2.09. The summed E-state index contributed by atoms with van der Waals surface area (Å²) in [7, 11) is 0. The first-order valence-corrected chi connectivity index (χ1v) is 9.81. The van der Waals surface area contributed by atoms with Crippen molar-refractivity contribution >= 4 is 11.9 Å². The zero-order valence-corrected chi connectivity index (χ0v) is 16.5. The summed E-state index contributed by atoms with van der Waals surface area (Å²) in [5.41, 5.74) is 4.25. The van der Waals surface area contributed by atoms with Gasteiger partial charge in [0.2, 0.25) is 0 Å². The predicted molar refractivity (Wildman–Crippen MR) is 111 cm³/mol. The fraction of sp³-hybridized carbons (Fsp3) is 0.458. The van der Waals surface area contributed by atoms with Crippen molar-refractivity contribution in [2.75, 3.05) is 0 Å². The lowest BCUT2D eigenvalue weighted by molar-refractivity contribution is 0.340. The highest BCUT2D eigenvalue weighted by atomic mass is 16.3. The van der Waals surface area contributed by atoms with Crippen molar-refractivity contribution in [3.05, 3.63) is 59.2 Å². The molecule has 0 amide bonds. The number of phenolic OH excluding ortho intramolecular Hbond substituents is 1. The molecule has 0 bridgehead atoms. The van der Waals surface area contributed by atoms with Gasteiger partial charge in [-0.2, -0.15) is 0 Å². The molecule has 0 heterocycles. The maximum atomic E-state index is 10.7. The second-order valence-electron chi connectivity index (χ2n) is 8.80. The van der Waals surface area contributed by atoms with Crippen LogP contribution < -0.4 is 0 Å². The molecule has 0 radical (unpaired) electrons. The Morgan fingerprint density at radius 3 is 2.23 bits per heavy atom. The third-order valence-corrected chi connectivity index (χ3v) is 5.64. The van der Waals surface area contributed by atoms with Gasteiger partial charge in [-0.1, -0.05) is 64.8 Å². The summed E-state index contributed by atoms with van der Waals surface area (Å²) < 4.78 is 0. The van der Waals surface area contributed by atoms with Crippen LogP contribution in [0.2, 0.25) is 0 Å². The summed E-state index contributed by atoms with van der Waals surface area (Å²) in [5.74, 6) is 1.70. The molecule has 1 fully saturated rings. The molecular weight excluding hydrogens is 318 g/mol. The topological polar surface area (TPSA) is 32.6 Å². The van der Waals surface area contributed by atoms with Gasteiger partial charge in [-0.05, 0) is 59.4 Å². The second kappa shape index (κ2) is 7.65. The van der Waals surface area contributed by atoms with Gasteiger partial charge in [0.25, 0.3) is 0 Å². The number of hydrogen-bond donors (Lipinski definition) is 1. The number of phenols is 1. The average molecular weight is 350 g/mol. The fourth-order valence-electron chi connectivity index (χ4n) is 3.78. The van der Waals surface area contributed by atoms with E-state index in [9.17, 15) is 5.11 Å². The van der Waals surface area contributed by atoms with Crippen molar-refractivity contribution in [3.63, 3.8) is 0 Å². The molecule has 1 saturated carbocycles. The maximum absolute atomic E-state index is 10.7. The van der Waals surface area contributed by atoms with E-state index >= 15 is 0 Å². The van der Waals surface area contributed by atoms with E-state index in [0.717, 1.165) is 22.7 Å². The van der Waals surface area contributed by atoms with Crippen LogP contribution in [0.1, 0.15) is 76.0 Å². The number of hydrogen-bond acceptors (Lipinski definition) is 2. The lowest BCUT2D eigenvalue weighted by Gasteiger charge is -2.27. The molecule has 0 aliphatic heterocycles. The standard InChI is InChI=1S/C24H31NO/c1-17-8-10-18(11-9-17)22-7-5-6-19(23(22)26)16-25-21-14-12-20(13-15-21)24(2,3)4/h5-7,12-18,26H,8-11H2,1-4H3. The monoisotopic (exact) mass is 349 g/mol. The highest BCUT2D eigenvalue weighted by Gasteiger charge is 2.22. The van der Waals surface area contributed by atoms with Gasteiger partial charge in [0.05, 0.1) is 5.69 Å². The Morgan fingerprint density at radius 1 is 0.962 bits per heavy atom. The molecule has 1 N–H and O–H groups in total. The highest BCUT2D eigenvalue weighted by Crippen LogP contribution is 2.40. The van der Waals surface area contributed by atoms with Crippen molar-refractivity contribution in [3.8, 4) is 5.75 Å². The number of aliphatic imine (C=N–C) groups is 1. The van der Waals surface area contributed by atoms with Crippen molar-refractivity contribution < 1.29 is 5.11 Å². The number of rotatable bonds is 3. The maximum Gasteiger partial charge on any atom is 0.127 e. The van der Waals surface area contributed by atoms with Crippen LogP contribution in [-0.4, -0.2) is 11.3 Å². The van der Waals surface area contributed by atoms with Crippen LogP contribution in [0.4, 0.5) is 5.69 Å². The number of aromatic hydroxyl groups is 1. The van der Waals surface area contributed by atoms with E-state index in [2.05, 4.69) is 50.9 Å². The van der Waals surface area contributed by atoms with Gasteiger partial charge >= 0.3 is 0 Å². The minimum absolute atomic E-state index is 0.145. The van der Waals surface area contributed by atoms with E-state index in [0.29, 0.717) is 11.7 Å². The molecule has 0 saturated heterocycles. The van der Waals surface area contributed by atoms with Crippen molar-refractivity contribution in [2.24, 2.45) is 10.9 Å². The second-order valence-corrected chi connectivity index (χ2v) is 8.80. The van der Waals surface area contributed by atoms with Crippen molar-refractivity contribution in [1.29, 1.82) is 0 Å². The SMILES string of the molecule is CC1CCC(c2cccc(C=Nc3ccc(C(C)(C)C)cc3)c2O)CC1. The Morgan fingerprint density at radius 2 is 1.62 bits per heavy atom. The van der Waals surface area contributed by atoms with E-state index in [-0.39, 0.29) is 5.41 Å². The largest absolute Gasteiger partial charge is 0.507 e. The molecule has 2 heteroatoms. The summed E-state index contributed by atoms with van der Waals surface area (Å²) in [4.78, 5) is 4.57. The van der Waals surface area contributed by atoms with Gasteiger partial charge in [0.15, 0.2) is 0 Å². The van der Waals surface area contributed by atoms with Gasteiger partial charge in [-0.3, -0.25) is 4.99 Å². The van der Waals surface area contributed by atoms with Crippen molar-refractivity contribution in [1.82, 2.24) is 0 Å².